The first-order valence-electron chi connectivity index (χ1n) is 10.5. The van der Waals surface area contributed by atoms with Crippen LogP contribution >= 0.6 is 15.9 Å². The van der Waals surface area contributed by atoms with Crippen LogP contribution in [0.15, 0.2) is 99.1 Å². The summed E-state index contributed by atoms with van der Waals surface area (Å²) in [7, 11) is -4.39. The molecule has 35 heavy (non-hydrogen) atoms. The number of esters is 1. The third kappa shape index (κ3) is 5.50. The Morgan fingerprint density at radius 2 is 1.63 bits per heavy atom. The molecule has 4 rings (SSSR count). The normalized spacial score (nSPS) is 11.1. The van der Waals surface area contributed by atoms with Gasteiger partial charge in [-0.05, 0) is 48.4 Å². The molecule has 1 aromatic heterocycles. The lowest BCUT2D eigenvalue weighted by molar-refractivity contribution is 0.0515. The van der Waals surface area contributed by atoms with Gasteiger partial charge in [0.25, 0.3) is 5.56 Å². The van der Waals surface area contributed by atoms with Crippen LogP contribution < -0.4 is 9.74 Å². The molecule has 1 heterocycles. The summed E-state index contributed by atoms with van der Waals surface area (Å²) in [5, 5.41) is 4.05. The van der Waals surface area contributed by atoms with Crippen LogP contribution in [0.2, 0.25) is 0 Å². The van der Waals surface area contributed by atoms with Crippen LogP contribution in [0, 0.1) is 0 Å². The molecule has 0 aliphatic heterocycles. The Morgan fingerprint density at radius 3 is 2.29 bits per heavy atom. The van der Waals surface area contributed by atoms with E-state index in [0.717, 1.165) is 21.9 Å². The fraction of sp³-hybridized carbons (Fsp3) is 0.0800. The molecule has 3 aromatic carbocycles. The van der Waals surface area contributed by atoms with E-state index in [4.69, 9.17) is 8.92 Å². The van der Waals surface area contributed by atoms with Crippen molar-refractivity contribution < 1.29 is 22.1 Å². The van der Waals surface area contributed by atoms with Gasteiger partial charge in [0.1, 0.15) is 4.90 Å². The molecule has 0 unspecified atom stereocenters. The maximum atomic E-state index is 13.0. The molecule has 0 amide bonds. The molecule has 0 spiro atoms. The second kappa shape index (κ2) is 10.2. The number of rotatable bonds is 7. The monoisotopic (exact) mass is 554 g/mol. The van der Waals surface area contributed by atoms with Gasteiger partial charge in [-0.15, -0.1) is 0 Å². The number of hydrogen-bond donors (Lipinski definition) is 0. The summed E-state index contributed by atoms with van der Waals surface area (Å²) in [4.78, 5) is 25.2. The van der Waals surface area contributed by atoms with E-state index in [0.29, 0.717) is 10.2 Å². The summed E-state index contributed by atoms with van der Waals surface area (Å²) >= 11 is 3.32. The summed E-state index contributed by atoms with van der Waals surface area (Å²) < 4.78 is 37.8. The number of carbonyl (C=O) groups is 1. The highest BCUT2D eigenvalue weighted by Crippen LogP contribution is 2.25. The highest BCUT2D eigenvalue weighted by atomic mass is 79.9. The Hall–Kier alpha value is -3.76. The third-order valence-corrected chi connectivity index (χ3v) is 6.61. The molecule has 0 bridgehead atoms. The number of ether oxygens (including phenoxy) is 1. The molecular formula is C25H19BrN2O6S. The van der Waals surface area contributed by atoms with Crippen molar-refractivity contribution in [1.82, 2.24) is 9.78 Å². The second-order valence-corrected chi connectivity index (χ2v) is 9.70. The van der Waals surface area contributed by atoms with Gasteiger partial charge in [-0.2, -0.15) is 18.2 Å². The van der Waals surface area contributed by atoms with E-state index in [2.05, 4.69) is 21.0 Å². The molecule has 0 saturated heterocycles. The zero-order valence-electron chi connectivity index (χ0n) is 18.4. The van der Waals surface area contributed by atoms with Gasteiger partial charge in [0.05, 0.1) is 18.4 Å². The van der Waals surface area contributed by atoms with E-state index in [1.54, 1.807) is 43.3 Å². The van der Waals surface area contributed by atoms with Gasteiger partial charge in [-0.25, -0.2) is 4.79 Å². The van der Waals surface area contributed by atoms with Crippen molar-refractivity contribution in [2.45, 2.75) is 11.8 Å². The maximum Gasteiger partial charge on any atom is 0.362 e. The van der Waals surface area contributed by atoms with E-state index in [-0.39, 0.29) is 11.5 Å². The Bertz CT molecular complexity index is 1530. The van der Waals surface area contributed by atoms with Gasteiger partial charge < -0.3 is 8.92 Å². The molecule has 178 valence electrons. The van der Waals surface area contributed by atoms with Crippen LogP contribution in [0.5, 0.6) is 5.75 Å². The molecule has 0 fully saturated rings. The fourth-order valence-corrected chi connectivity index (χ4v) is 4.56. The highest BCUT2D eigenvalue weighted by molar-refractivity contribution is 9.10. The van der Waals surface area contributed by atoms with Crippen LogP contribution in [-0.2, 0) is 14.9 Å². The zero-order chi connectivity index (χ0) is 25.0. The molecule has 0 N–H and O–H groups in total. The Labute approximate surface area is 210 Å². The number of nitrogens with zero attached hydrogens (tertiary/aromatic N) is 2. The molecule has 0 aliphatic rings. The van der Waals surface area contributed by atoms with E-state index < -0.39 is 33.1 Å². The van der Waals surface area contributed by atoms with Crippen LogP contribution in [0.3, 0.4) is 0 Å². The third-order valence-electron chi connectivity index (χ3n) is 4.87. The first kappa shape index (κ1) is 24.4. The first-order valence-corrected chi connectivity index (χ1v) is 12.7. The lowest BCUT2D eigenvalue weighted by atomic mass is 10.1. The molecule has 0 radical (unpaired) electrons. The van der Waals surface area contributed by atoms with Crippen LogP contribution in [0.25, 0.3) is 16.8 Å². The molecule has 0 atom stereocenters. The standard InChI is InChI=1S/C25H19BrN2O6S/c1-2-33-25(30)24-22(16-23(29)28(27-24)20-10-6-9-19(26)15-20)34-35(31,32)21-13-11-18(12-14-21)17-7-4-3-5-8-17/h3-16H,2H2,1H3. The fourth-order valence-electron chi connectivity index (χ4n) is 3.25. The molecule has 0 saturated carbocycles. The maximum absolute atomic E-state index is 13.0. The summed E-state index contributed by atoms with van der Waals surface area (Å²) in [6, 6.07) is 23.1. The topological polar surface area (TPSA) is 105 Å². The SMILES string of the molecule is CCOC(=O)c1nn(-c2cccc(Br)c2)c(=O)cc1OS(=O)(=O)c1ccc(-c2ccccc2)cc1. The number of aromatic nitrogens is 2. The number of benzene rings is 3. The minimum absolute atomic E-state index is 0.0175. The Morgan fingerprint density at radius 1 is 0.943 bits per heavy atom. The van der Waals surface area contributed by atoms with Gasteiger partial charge in [-0.3, -0.25) is 4.79 Å². The quantitative estimate of drug-likeness (QED) is 0.242. The highest BCUT2D eigenvalue weighted by Gasteiger charge is 2.25. The summed E-state index contributed by atoms with van der Waals surface area (Å²) in [5.41, 5.74) is 0.954. The Kier molecular flexibility index (Phi) is 7.13. The lowest BCUT2D eigenvalue weighted by Gasteiger charge is -2.13. The van der Waals surface area contributed by atoms with E-state index in [1.165, 1.54) is 12.1 Å². The van der Waals surface area contributed by atoms with Crippen LogP contribution in [-0.4, -0.2) is 30.8 Å². The molecular weight excluding hydrogens is 536 g/mol. The predicted octanol–water partition coefficient (Wildman–Crippen LogP) is 4.61. The summed E-state index contributed by atoms with van der Waals surface area (Å²) in [6.07, 6.45) is 0. The lowest BCUT2D eigenvalue weighted by Crippen LogP contribution is -2.26. The summed E-state index contributed by atoms with van der Waals surface area (Å²) in [6.45, 7) is 1.61. The van der Waals surface area contributed by atoms with Crippen LogP contribution in [0.1, 0.15) is 17.4 Å². The predicted molar refractivity (Wildman–Crippen MR) is 133 cm³/mol. The minimum atomic E-state index is -4.39. The van der Waals surface area contributed by atoms with Gasteiger partial charge in [0.2, 0.25) is 5.69 Å². The number of halogens is 1. The number of hydrogen-bond acceptors (Lipinski definition) is 7. The van der Waals surface area contributed by atoms with Crippen molar-refractivity contribution in [2.24, 2.45) is 0 Å². The zero-order valence-corrected chi connectivity index (χ0v) is 20.8. The average Bonchev–Trinajstić information content (AvgIpc) is 2.84. The van der Waals surface area contributed by atoms with Gasteiger partial charge in [0, 0.05) is 4.47 Å². The molecule has 8 nitrogen and oxygen atoms in total. The van der Waals surface area contributed by atoms with Gasteiger partial charge >= 0.3 is 16.1 Å². The van der Waals surface area contributed by atoms with Crippen molar-refractivity contribution in [3.8, 4) is 22.6 Å². The average molecular weight is 555 g/mol. The second-order valence-electron chi connectivity index (χ2n) is 7.24. The summed E-state index contributed by atoms with van der Waals surface area (Å²) in [5.74, 6) is -1.45. The van der Waals surface area contributed by atoms with Crippen molar-refractivity contribution in [3.05, 3.63) is 105 Å². The molecule has 4 aromatic rings. The van der Waals surface area contributed by atoms with E-state index in [9.17, 15) is 18.0 Å². The number of carbonyl (C=O) groups excluding carboxylic acids is 1. The van der Waals surface area contributed by atoms with Crippen molar-refractivity contribution in [2.75, 3.05) is 6.61 Å². The Balaban J connectivity index is 1.72. The van der Waals surface area contributed by atoms with Crippen LogP contribution in [0.4, 0.5) is 0 Å². The van der Waals surface area contributed by atoms with Gasteiger partial charge in [0.15, 0.2) is 5.75 Å². The molecule has 0 aliphatic carbocycles. The van der Waals surface area contributed by atoms with E-state index >= 15 is 0 Å². The van der Waals surface area contributed by atoms with E-state index in [1.807, 2.05) is 30.3 Å². The van der Waals surface area contributed by atoms with Gasteiger partial charge in [-0.1, -0.05) is 64.5 Å². The minimum Gasteiger partial charge on any atom is -0.461 e. The molecule has 10 heteroatoms. The largest absolute Gasteiger partial charge is 0.461 e. The first-order chi connectivity index (χ1) is 16.8. The van der Waals surface area contributed by atoms with Crippen molar-refractivity contribution in [3.63, 3.8) is 0 Å². The smallest absolute Gasteiger partial charge is 0.362 e. The van der Waals surface area contributed by atoms with Crippen molar-refractivity contribution in [1.29, 1.82) is 0 Å². The van der Waals surface area contributed by atoms with Crippen molar-refractivity contribution >= 4 is 32.0 Å².